The maximum absolute atomic E-state index is 5.94. The zero-order valence-corrected chi connectivity index (χ0v) is 12.3. The molecule has 1 aromatic carbocycles. The molecule has 1 aliphatic rings. The summed E-state index contributed by atoms with van der Waals surface area (Å²) in [6, 6.07) is 6.56. The van der Waals surface area contributed by atoms with E-state index in [9.17, 15) is 0 Å². The Morgan fingerprint density at radius 2 is 2.20 bits per heavy atom. The smallest absolute Gasteiger partial charge is 0.127 e. The van der Waals surface area contributed by atoms with Crippen molar-refractivity contribution in [2.45, 2.75) is 25.8 Å². The van der Waals surface area contributed by atoms with Gasteiger partial charge < -0.3 is 10.1 Å². The molecule has 0 saturated carbocycles. The molecule has 1 unspecified atom stereocenters. The summed E-state index contributed by atoms with van der Waals surface area (Å²) in [4.78, 5) is 0. The number of nitrogens with one attached hydrogen (secondary N) is 1. The Hall–Kier alpha value is -1.81. The van der Waals surface area contributed by atoms with Crippen LogP contribution in [0.15, 0.2) is 24.4 Å². The molecule has 2 heterocycles. The van der Waals surface area contributed by atoms with Crippen LogP contribution in [0, 0.1) is 6.92 Å². The van der Waals surface area contributed by atoms with E-state index >= 15 is 0 Å². The van der Waals surface area contributed by atoms with Crippen LogP contribution in [-0.4, -0.2) is 23.4 Å². The standard InChI is InChI=1S/C16H21N3O/c1-11-14(10-19(3)18-11)15(17-2)13-8-4-6-12-7-5-9-20-16(12)13/h4,6,8,10,15,17H,5,7,9H2,1-3H3. The van der Waals surface area contributed by atoms with Crippen LogP contribution in [0.3, 0.4) is 0 Å². The summed E-state index contributed by atoms with van der Waals surface area (Å²) in [5, 5.41) is 7.86. The lowest BCUT2D eigenvalue weighted by molar-refractivity contribution is 0.283. The number of nitrogens with zero attached hydrogens (tertiary/aromatic N) is 2. The third-order valence-corrected chi connectivity index (χ3v) is 3.93. The third kappa shape index (κ3) is 2.20. The SMILES string of the molecule is CNC(c1cn(C)nc1C)c1cccc2c1OCCC2. The molecule has 0 saturated heterocycles. The molecule has 2 aromatic rings. The number of aromatic nitrogens is 2. The van der Waals surface area contributed by atoms with E-state index in [0.29, 0.717) is 0 Å². The first-order valence-corrected chi connectivity index (χ1v) is 7.12. The monoisotopic (exact) mass is 271 g/mol. The van der Waals surface area contributed by atoms with Gasteiger partial charge >= 0.3 is 0 Å². The molecule has 0 aliphatic carbocycles. The van der Waals surface area contributed by atoms with Crippen LogP contribution >= 0.6 is 0 Å². The molecule has 3 rings (SSSR count). The van der Waals surface area contributed by atoms with Crippen LogP contribution in [0.1, 0.15) is 34.8 Å². The highest BCUT2D eigenvalue weighted by Crippen LogP contribution is 2.36. The van der Waals surface area contributed by atoms with Crippen molar-refractivity contribution in [1.82, 2.24) is 15.1 Å². The van der Waals surface area contributed by atoms with Crippen molar-refractivity contribution in [2.24, 2.45) is 7.05 Å². The average Bonchev–Trinajstić information content (AvgIpc) is 2.79. The molecule has 0 fully saturated rings. The molecule has 4 heteroatoms. The molecular weight excluding hydrogens is 250 g/mol. The second-order valence-electron chi connectivity index (χ2n) is 5.35. The largest absolute Gasteiger partial charge is 0.493 e. The van der Waals surface area contributed by atoms with Crippen LogP contribution in [-0.2, 0) is 13.5 Å². The molecule has 1 atom stereocenters. The second-order valence-corrected chi connectivity index (χ2v) is 5.35. The fourth-order valence-electron chi connectivity index (χ4n) is 3.02. The van der Waals surface area contributed by atoms with Gasteiger partial charge in [0, 0.05) is 24.4 Å². The van der Waals surface area contributed by atoms with E-state index in [1.54, 1.807) is 0 Å². The zero-order chi connectivity index (χ0) is 14.1. The van der Waals surface area contributed by atoms with Crippen LogP contribution < -0.4 is 10.1 Å². The average molecular weight is 271 g/mol. The topological polar surface area (TPSA) is 39.1 Å². The number of hydrogen-bond acceptors (Lipinski definition) is 3. The van der Waals surface area contributed by atoms with E-state index in [-0.39, 0.29) is 6.04 Å². The van der Waals surface area contributed by atoms with Crippen LogP contribution in [0.2, 0.25) is 0 Å². The molecule has 1 aromatic heterocycles. The van der Waals surface area contributed by atoms with Gasteiger partial charge in [0.1, 0.15) is 5.75 Å². The Bertz CT molecular complexity index is 618. The normalized spacial score (nSPS) is 15.6. The summed E-state index contributed by atoms with van der Waals surface area (Å²) in [5.41, 5.74) is 4.79. The van der Waals surface area contributed by atoms with Crippen molar-refractivity contribution < 1.29 is 4.74 Å². The van der Waals surface area contributed by atoms with Gasteiger partial charge in [0.15, 0.2) is 0 Å². The number of ether oxygens (including phenoxy) is 1. The predicted molar refractivity (Wildman–Crippen MR) is 79.1 cm³/mol. The van der Waals surface area contributed by atoms with Gasteiger partial charge in [0.2, 0.25) is 0 Å². The van der Waals surface area contributed by atoms with Gasteiger partial charge in [-0.3, -0.25) is 4.68 Å². The Morgan fingerprint density at radius 1 is 1.35 bits per heavy atom. The van der Waals surface area contributed by atoms with Crippen LogP contribution in [0.4, 0.5) is 0 Å². The number of fused-ring (bicyclic) bond motifs is 1. The van der Waals surface area contributed by atoms with Crippen LogP contribution in [0.5, 0.6) is 5.75 Å². The van der Waals surface area contributed by atoms with Crippen molar-refractivity contribution in [3.63, 3.8) is 0 Å². The fourth-order valence-corrected chi connectivity index (χ4v) is 3.02. The van der Waals surface area contributed by atoms with Gasteiger partial charge in [0.25, 0.3) is 0 Å². The maximum Gasteiger partial charge on any atom is 0.127 e. The van der Waals surface area contributed by atoms with Gasteiger partial charge in [-0.15, -0.1) is 0 Å². The summed E-state index contributed by atoms with van der Waals surface area (Å²) < 4.78 is 7.80. The van der Waals surface area contributed by atoms with Crippen LogP contribution in [0.25, 0.3) is 0 Å². The van der Waals surface area contributed by atoms with Gasteiger partial charge in [0.05, 0.1) is 18.3 Å². The summed E-state index contributed by atoms with van der Waals surface area (Å²) >= 11 is 0. The number of para-hydroxylation sites is 1. The quantitative estimate of drug-likeness (QED) is 0.931. The van der Waals surface area contributed by atoms with E-state index in [2.05, 4.69) is 41.7 Å². The van der Waals surface area contributed by atoms with E-state index in [4.69, 9.17) is 4.74 Å². The maximum atomic E-state index is 5.94. The van der Waals surface area contributed by atoms with Gasteiger partial charge in [-0.1, -0.05) is 18.2 Å². The molecule has 0 bridgehead atoms. The van der Waals surface area contributed by atoms with Gasteiger partial charge in [-0.05, 0) is 32.4 Å². The zero-order valence-electron chi connectivity index (χ0n) is 12.3. The Balaban J connectivity index is 2.08. The fraction of sp³-hybridized carbons (Fsp3) is 0.438. The first kappa shape index (κ1) is 13.2. The molecule has 0 radical (unpaired) electrons. The number of rotatable bonds is 3. The molecule has 1 aliphatic heterocycles. The van der Waals surface area contributed by atoms with Crippen molar-refractivity contribution in [1.29, 1.82) is 0 Å². The highest BCUT2D eigenvalue weighted by atomic mass is 16.5. The predicted octanol–water partition coefficient (Wildman–Crippen LogP) is 2.36. The van der Waals surface area contributed by atoms with Crippen molar-refractivity contribution in [3.8, 4) is 5.75 Å². The number of aryl methyl sites for hydroxylation is 3. The highest BCUT2D eigenvalue weighted by Gasteiger charge is 2.23. The lowest BCUT2D eigenvalue weighted by Crippen LogP contribution is -2.21. The summed E-state index contributed by atoms with van der Waals surface area (Å²) in [7, 11) is 3.94. The molecular formula is C16H21N3O. The van der Waals surface area contributed by atoms with E-state index in [1.165, 1.54) is 16.7 Å². The molecule has 0 spiro atoms. The second kappa shape index (κ2) is 5.29. The molecule has 106 valence electrons. The summed E-state index contributed by atoms with van der Waals surface area (Å²) in [5.74, 6) is 1.06. The first-order chi connectivity index (χ1) is 9.70. The molecule has 0 amide bonds. The minimum atomic E-state index is 0.122. The van der Waals surface area contributed by atoms with Crippen molar-refractivity contribution in [3.05, 3.63) is 46.8 Å². The van der Waals surface area contributed by atoms with E-state index < -0.39 is 0 Å². The van der Waals surface area contributed by atoms with Crippen molar-refractivity contribution >= 4 is 0 Å². The summed E-state index contributed by atoms with van der Waals surface area (Å²) in [6.07, 6.45) is 4.29. The Kier molecular flexibility index (Phi) is 3.49. The van der Waals surface area contributed by atoms with Crippen molar-refractivity contribution in [2.75, 3.05) is 13.7 Å². The van der Waals surface area contributed by atoms with E-state index in [0.717, 1.165) is 30.9 Å². The summed E-state index contributed by atoms with van der Waals surface area (Å²) in [6.45, 7) is 2.86. The van der Waals surface area contributed by atoms with Gasteiger partial charge in [-0.25, -0.2) is 0 Å². The van der Waals surface area contributed by atoms with Gasteiger partial charge in [-0.2, -0.15) is 5.10 Å². The lowest BCUT2D eigenvalue weighted by atomic mass is 9.94. The Morgan fingerprint density at radius 3 is 2.90 bits per heavy atom. The highest BCUT2D eigenvalue weighted by molar-refractivity contribution is 5.48. The molecule has 4 nitrogen and oxygen atoms in total. The minimum absolute atomic E-state index is 0.122. The van der Waals surface area contributed by atoms with E-state index in [1.807, 2.05) is 18.8 Å². The number of benzene rings is 1. The number of hydrogen-bond donors (Lipinski definition) is 1. The molecule has 20 heavy (non-hydrogen) atoms. The first-order valence-electron chi connectivity index (χ1n) is 7.12. The third-order valence-electron chi connectivity index (χ3n) is 3.93. The lowest BCUT2D eigenvalue weighted by Gasteiger charge is -2.25. The Labute approximate surface area is 119 Å². The molecule has 1 N–H and O–H groups in total. The minimum Gasteiger partial charge on any atom is -0.493 e.